The summed E-state index contributed by atoms with van der Waals surface area (Å²) in [6.07, 6.45) is 20.8. The van der Waals surface area contributed by atoms with Gasteiger partial charge in [-0.25, -0.2) is 9.98 Å². The first-order valence-corrected chi connectivity index (χ1v) is 13.6. The van der Waals surface area contributed by atoms with Gasteiger partial charge in [0.05, 0.1) is 11.0 Å². The Hall–Kier alpha value is -2.62. The van der Waals surface area contributed by atoms with Crippen molar-refractivity contribution in [2.45, 2.75) is 103 Å². The minimum absolute atomic E-state index is 0.237. The molecule has 0 fully saturated rings. The molecule has 0 radical (unpaired) electrons. The first kappa shape index (κ1) is 26.0. The van der Waals surface area contributed by atoms with E-state index in [1.165, 1.54) is 83.5 Å². The first-order valence-electron chi connectivity index (χ1n) is 13.6. The summed E-state index contributed by atoms with van der Waals surface area (Å²) < 4.78 is 2.21. The zero-order chi connectivity index (χ0) is 23.8. The molecule has 0 saturated heterocycles. The van der Waals surface area contributed by atoms with Crippen molar-refractivity contribution in [3.8, 4) is 5.75 Å². The maximum Gasteiger partial charge on any atom is 0.230 e. The number of rotatable bonds is 17. The Kier molecular flexibility index (Phi) is 11.7. The second kappa shape index (κ2) is 15.3. The van der Waals surface area contributed by atoms with Gasteiger partial charge in [0.2, 0.25) is 5.95 Å². The highest BCUT2D eigenvalue weighted by Crippen LogP contribution is 2.24. The van der Waals surface area contributed by atoms with Crippen molar-refractivity contribution in [2.75, 3.05) is 0 Å². The van der Waals surface area contributed by atoms with Crippen molar-refractivity contribution in [2.24, 2.45) is 4.99 Å². The molecule has 0 saturated carbocycles. The Bertz CT molecular complexity index is 992. The molecule has 0 aliphatic rings. The van der Waals surface area contributed by atoms with E-state index in [4.69, 9.17) is 4.98 Å². The monoisotopic (exact) mass is 461 g/mol. The van der Waals surface area contributed by atoms with Crippen LogP contribution in [-0.2, 0) is 6.54 Å². The molecule has 0 spiro atoms. The zero-order valence-corrected chi connectivity index (χ0v) is 21.1. The highest BCUT2D eigenvalue weighted by atomic mass is 16.3. The van der Waals surface area contributed by atoms with E-state index in [-0.39, 0.29) is 5.75 Å². The third kappa shape index (κ3) is 8.62. The summed E-state index contributed by atoms with van der Waals surface area (Å²) in [5, 5.41) is 10.0. The van der Waals surface area contributed by atoms with Crippen LogP contribution < -0.4 is 0 Å². The molecule has 1 N–H and O–H groups in total. The smallest absolute Gasteiger partial charge is 0.230 e. The number of unbranched alkanes of at least 4 members (excludes halogenated alkanes) is 13. The average molecular weight is 462 g/mol. The summed E-state index contributed by atoms with van der Waals surface area (Å²) in [6.45, 7) is 3.21. The number of hydrogen-bond donors (Lipinski definition) is 1. The second-order valence-electron chi connectivity index (χ2n) is 9.47. The minimum Gasteiger partial charge on any atom is -0.507 e. The molecule has 1 heterocycles. The van der Waals surface area contributed by atoms with Crippen LogP contribution in [0.4, 0.5) is 5.95 Å². The Labute approximate surface area is 206 Å². The van der Waals surface area contributed by atoms with Crippen LogP contribution in [0.15, 0.2) is 53.5 Å². The number of fused-ring (bicyclic) bond motifs is 1. The van der Waals surface area contributed by atoms with Gasteiger partial charge >= 0.3 is 0 Å². The van der Waals surface area contributed by atoms with E-state index in [9.17, 15) is 5.11 Å². The van der Waals surface area contributed by atoms with Gasteiger partial charge < -0.3 is 9.67 Å². The van der Waals surface area contributed by atoms with Crippen molar-refractivity contribution in [3.05, 3.63) is 54.1 Å². The van der Waals surface area contributed by atoms with Gasteiger partial charge in [0.15, 0.2) is 0 Å². The number of nitrogens with zero attached hydrogens (tertiary/aromatic N) is 3. The number of aromatic hydroxyl groups is 1. The summed E-state index contributed by atoms with van der Waals surface area (Å²) in [4.78, 5) is 9.35. The number of phenols is 1. The fourth-order valence-corrected chi connectivity index (χ4v) is 4.57. The molecule has 0 atom stereocenters. The lowest BCUT2D eigenvalue weighted by molar-refractivity contribution is 0.474. The predicted molar refractivity (Wildman–Crippen MR) is 145 cm³/mol. The van der Waals surface area contributed by atoms with E-state index in [1.54, 1.807) is 12.3 Å². The molecule has 184 valence electrons. The van der Waals surface area contributed by atoms with E-state index >= 15 is 0 Å². The quantitative estimate of drug-likeness (QED) is 0.161. The van der Waals surface area contributed by atoms with Crippen molar-refractivity contribution in [1.29, 1.82) is 0 Å². The topological polar surface area (TPSA) is 50.4 Å². The second-order valence-corrected chi connectivity index (χ2v) is 9.47. The normalized spacial score (nSPS) is 11.7. The largest absolute Gasteiger partial charge is 0.507 e. The number of benzene rings is 2. The molecule has 0 aliphatic carbocycles. The van der Waals surface area contributed by atoms with Crippen molar-refractivity contribution in [1.82, 2.24) is 9.55 Å². The maximum absolute atomic E-state index is 10.0. The van der Waals surface area contributed by atoms with Gasteiger partial charge in [-0.3, -0.25) is 0 Å². The highest BCUT2D eigenvalue weighted by molar-refractivity contribution is 5.86. The molecular formula is C30H43N3O. The van der Waals surface area contributed by atoms with Crippen molar-refractivity contribution >= 4 is 23.2 Å². The number of aliphatic imine (C=N–C) groups is 1. The molecule has 0 aliphatic heterocycles. The fraction of sp³-hybridized carbons (Fsp3) is 0.533. The number of para-hydroxylation sites is 3. The summed E-state index contributed by atoms with van der Waals surface area (Å²) in [5.74, 6) is 0.944. The van der Waals surface area contributed by atoms with Crippen LogP contribution in [0.3, 0.4) is 0 Å². The Morgan fingerprint density at radius 1 is 0.735 bits per heavy atom. The van der Waals surface area contributed by atoms with Crippen LogP contribution in [0.2, 0.25) is 0 Å². The van der Waals surface area contributed by atoms with E-state index < -0.39 is 0 Å². The van der Waals surface area contributed by atoms with Crippen molar-refractivity contribution < 1.29 is 5.11 Å². The molecular weight excluding hydrogens is 418 g/mol. The lowest BCUT2D eigenvalue weighted by Gasteiger charge is -2.07. The van der Waals surface area contributed by atoms with Gasteiger partial charge in [0, 0.05) is 18.3 Å². The predicted octanol–water partition coefficient (Wildman–Crippen LogP) is 8.97. The molecule has 4 heteroatoms. The third-order valence-corrected chi connectivity index (χ3v) is 6.63. The third-order valence-electron chi connectivity index (χ3n) is 6.63. The number of aromatic nitrogens is 2. The van der Waals surface area contributed by atoms with E-state index in [0.717, 1.165) is 24.0 Å². The number of aryl methyl sites for hydroxylation is 1. The van der Waals surface area contributed by atoms with Gasteiger partial charge in [0.1, 0.15) is 5.75 Å². The molecule has 34 heavy (non-hydrogen) atoms. The van der Waals surface area contributed by atoms with Crippen LogP contribution in [-0.4, -0.2) is 20.9 Å². The Morgan fingerprint density at radius 2 is 1.29 bits per heavy atom. The molecule has 0 bridgehead atoms. The van der Waals surface area contributed by atoms with Gasteiger partial charge in [-0.1, -0.05) is 115 Å². The number of imidazole rings is 1. The van der Waals surface area contributed by atoms with E-state index in [2.05, 4.69) is 28.6 Å². The Morgan fingerprint density at radius 3 is 1.94 bits per heavy atom. The molecule has 1 aromatic heterocycles. The van der Waals surface area contributed by atoms with Crippen LogP contribution in [0.1, 0.15) is 102 Å². The summed E-state index contributed by atoms with van der Waals surface area (Å²) in [5.41, 5.74) is 2.80. The molecule has 3 rings (SSSR count). The molecule has 0 amide bonds. The lowest BCUT2D eigenvalue weighted by atomic mass is 10.0. The van der Waals surface area contributed by atoms with E-state index in [0.29, 0.717) is 11.5 Å². The van der Waals surface area contributed by atoms with Crippen LogP contribution in [0, 0.1) is 0 Å². The van der Waals surface area contributed by atoms with Crippen molar-refractivity contribution in [3.63, 3.8) is 0 Å². The summed E-state index contributed by atoms with van der Waals surface area (Å²) >= 11 is 0. The fourth-order valence-electron chi connectivity index (χ4n) is 4.57. The van der Waals surface area contributed by atoms with Crippen LogP contribution in [0.5, 0.6) is 5.75 Å². The SMILES string of the molecule is CCCCCCCCCCCCCCCCn1c(N=Cc2ccccc2O)nc2ccccc21. The molecule has 4 nitrogen and oxygen atoms in total. The van der Waals surface area contributed by atoms with Crippen LogP contribution in [0.25, 0.3) is 11.0 Å². The average Bonchev–Trinajstić information content (AvgIpc) is 3.21. The molecule has 0 unspecified atom stereocenters. The van der Waals surface area contributed by atoms with Gasteiger partial charge in [-0.05, 0) is 30.7 Å². The van der Waals surface area contributed by atoms with Gasteiger partial charge in [-0.15, -0.1) is 0 Å². The highest BCUT2D eigenvalue weighted by Gasteiger charge is 2.09. The first-order chi connectivity index (χ1) is 16.8. The maximum atomic E-state index is 10.0. The van der Waals surface area contributed by atoms with E-state index in [1.807, 2.05) is 30.3 Å². The number of hydrogen-bond acceptors (Lipinski definition) is 3. The van der Waals surface area contributed by atoms with Gasteiger partial charge in [-0.2, -0.15) is 0 Å². The molecule has 2 aromatic carbocycles. The van der Waals surface area contributed by atoms with Gasteiger partial charge in [0.25, 0.3) is 0 Å². The summed E-state index contributed by atoms with van der Waals surface area (Å²) in [6, 6.07) is 15.5. The standard InChI is InChI=1S/C30H43N3O/c1-2-3-4-5-6-7-8-9-10-11-12-13-14-19-24-33-28-22-17-16-21-27(28)32-30(33)31-25-26-20-15-18-23-29(26)34/h15-18,20-23,25,34H,2-14,19,24H2,1H3. The lowest BCUT2D eigenvalue weighted by Crippen LogP contribution is -1.98. The Balaban J connectivity index is 1.37. The minimum atomic E-state index is 0.237. The number of phenolic OH excluding ortho intramolecular Hbond substituents is 1. The molecule has 3 aromatic rings. The van der Waals surface area contributed by atoms with Crippen LogP contribution >= 0.6 is 0 Å². The summed E-state index contributed by atoms with van der Waals surface area (Å²) in [7, 11) is 0. The zero-order valence-electron chi connectivity index (χ0n) is 21.1.